The van der Waals surface area contributed by atoms with Crippen molar-refractivity contribution >= 4 is 12.2 Å². The van der Waals surface area contributed by atoms with Crippen molar-refractivity contribution in [2.45, 2.75) is 6.92 Å². The topological polar surface area (TPSA) is 83.0 Å². The molecule has 0 saturated heterocycles. The van der Waals surface area contributed by atoms with Crippen LogP contribution in [0, 0.1) is 12.7 Å². The van der Waals surface area contributed by atoms with E-state index in [0.717, 1.165) is 0 Å². The van der Waals surface area contributed by atoms with Crippen molar-refractivity contribution in [2.75, 3.05) is 7.05 Å². The highest BCUT2D eigenvalue weighted by atomic mass is 19.1. The summed E-state index contributed by atoms with van der Waals surface area (Å²) < 4.78 is 13.1. The van der Waals surface area contributed by atoms with E-state index in [2.05, 4.69) is 15.5 Å². The molecule has 6 heteroatoms. The van der Waals surface area contributed by atoms with E-state index in [1.54, 1.807) is 13.0 Å². The zero-order chi connectivity index (χ0) is 12.1. The molecule has 0 amide bonds. The highest BCUT2D eigenvalue weighted by molar-refractivity contribution is 5.85. The Kier molecular flexibility index (Phi) is 3.82. The van der Waals surface area contributed by atoms with E-state index in [1.165, 1.54) is 19.3 Å². The molecule has 0 bridgehead atoms. The fourth-order valence-electron chi connectivity index (χ4n) is 1.08. The average molecular weight is 224 g/mol. The Morgan fingerprint density at radius 3 is 2.88 bits per heavy atom. The molecule has 0 heterocycles. The molecule has 86 valence electrons. The van der Waals surface area contributed by atoms with Crippen molar-refractivity contribution in [3.63, 3.8) is 0 Å². The third kappa shape index (κ3) is 2.94. The number of hydrogen-bond donors (Lipinski definition) is 3. The van der Waals surface area contributed by atoms with Gasteiger partial charge in [-0.15, -0.1) is 0 Å². The molecule has 0 atom stereocenters. The molecule has 0 unspecified atom stereocenters. The Balaban J connectivity index is 2.89. The lowest BCUT2D eigenvalue weighted by atomic mass is 10.1. The van der Waals surface area contributed by atoms with Crippen LogP contribution in [0.25, 0.3) is 0 Å². The van der Waals surface area contributed by atoms with Crippen LogP contribution in [0.5, 0.6) is 5.75 Å². The standard InChI is InChI=1S/C10H13FN4O/c1-6-3-7(9(16)8(11)4-6)5-14-15-10(12)13-2/h3-5,16H,1-2H3,(H3,12,13,15)/b14-5+. The van der Waals surface area contributed by atoms with Gasteiger partial charge in [-0.3, -0.25) is 4.99 Å². The van der Waals surface area contributed by atoms with Crippen molar-refractivity contribution in [2.24, 2.45) is 15.8 Å². The zero-order valence-corrected chi connectivity index (χ0v) is 9.03. The van der Waals surface area contributed by atoms with E-state index in [9.17, 15) is 9.50 Å². The number of halogens is 1. The van der Waals surface area contributed by atoms with Crippen molar-refractivity contribution in [3.8, 4) is 5.75 Å². The van der Waals surface area contributed by atoms with Gasteiger partial charge in [0.25, 0.3) is 0 Å². The highest BCUT2D eigenvalue weighted by Crippen LogP contribution is 2.21. The lowest BCUT2D eigenvalue weighted by Gasteiger charge is -2.02. The fourth-order valence-corrected chi connectivity index (χ4v) is 1.08. The van der Waals surface area contributed by atoms with Crippen LogP contribution in [0.3, 0.4) is 0 Å². The summed E-state index contributed by atoms with van der Waals surface area (Å²) in [5.74, 6) is -0.995. The first kappa shape index (κ1) is 12.0. The molecule has 1 aromatic carbocycles. The Labute approximate surface area is 92.5 Å². The SMILES string of the molecule is CN=C(N)N/N=C/c1cc(C)cc(F)c1O. The van der Waals surface area contributed by atoms with Gasteiger partial charge in [0.1, 0.15) is 0 Å². The number of benzene rings is 1. The zero-order valence-electron chi connectivity index (χ0n) is 9.03. The summed E-state index contributed by atoms with van der Waals surface area (Å²) in [6, 6.07) is 2.84. The Hall–Kier alpha value is -2.11. The van der Waals surface area contributed by atoms with Crippen LogP contribution in [0.15, 0.2) is 22.2 Å². The minimum atomic E-state index is -0.682. The number of aryl methyl sites for hydroxylation is 1. The van der Waals surface area contributed by atoms with Gasteiger partial charge in [0, 0.05) is 12.6 Å². The third-order valence-electron chi connectivity index (χ3n) is 1.86. The molecule has 4 N–H and O–H groups in total. The number of hydrazone groups is 1. The minimum Gasteiger partial charge on any atom is -0.504 e. The number of phenols is 1. The second kappa shape index (κ2) is 5.11. The molecule has 0 spiro atoms. The molecule has 1 rings (SSSR count). The van der Waals surface area contributed by atoms with Gasteiger partial charge >= 0.3 is 0 Å². The lowest BCUT2D eigenvalue weighted by Crippen LogP contribution is -2.26. The number of nitrogens with zero attached hydrogens (tertiary/aromatic N) is 2. The summed E-state index contributed by atoms with van der Waals surface area (Å²) >= 11 is 0. The number of aromatic hydroxyl groups is 1. The molecule has 0 saturated carbocycles. The van der Waals surface area contributed by atoms with Crippen LogP contribution in [-0.4, -0.2) is 24.3 Å². The van der Waals surface area contributed by atoms with Gasteiger partial charge in [-0.05, 0) is 24.6 Å². The van der Waals surface area contributed by atoms with Crippen LogP contribution in [0.4, 0.5) is 4.39 Å². The molecular weight excluding hydrogens is 211 g/mol. The van der Waals surface area contributed by atoms with Crippen LogP contribution in [0.1, 0.15) is 11.1 Å². The predicted molar refractivity (Wildman–Crippen MR) is 61.1 cm³/mol. The van der Waals surface area contributed by atoms with Crippen LogP contribution in [-0.2, 0) is 0 Å². The number of aliphatic imine (C=N–C) groups is 1. The summed E-state index contributed by atoms with van der Waals surface area (Å²) in [7, 11) is 1.50. The van der Waals surface area contributed by atoms with Crippen LogP contribution >= 0.6 is 0 Å². The number of hydrogen-bond acceptors (Lipinski definition) is 3. The second-order valence-electron chi connectivity index (χ2n) is 3.16. The van der Waals surface area contributed by atoms with Crippen LogP contribution < -0.4 is 11.2 Å². The van der Waals surface area contributed by atoms with E-state index in [1.807, 2.05) is 0 Å². The first-order valence-electron chi connectivity index (χ1n) is 4.55. The number of nitrogens with two attached hydrogens (primary N) is 1. The maximum atomic E-state index is 13.1. The Morgan fingerprint density at radius 1 is 1.56 bits per heavy atom. The average Bonchev–Trinajstić information content (AvgIpc) is 2.24. The monoisotopic (exact) mass is 224 g/mol. The van der Waals surface area contributed by atoms with Gasteiger partial charge in [0.2, 0.25) is 5.96 Å². The lowest BCUT2D eigenvalue weighted by molar-refractivity contribution is 0.431. The van der Waals surface area contributed by atoms with Gasteiger partial charge in [-0.1, -0.05) is 0 Å². The normalized spacial score (nSPS) is 12.1. The van der Waals surface area contributed by atoms with Gasteiger partial charge < -0.3 is 10.8 Å². The molecule has 5 nitrogen and oxygen atoms in total. The molecule has 0 aliphatic heterocycles. The Morgan fingerprint density at radius 2 is 2.25 bits per heavy atom. The molecule has 0 fully saturated rings. The van der Waals surface area contributed by atoms with E-state index in [4.69, 9.17) is 5.73 Å². The minimum absolute atomic E-state index is 0.129. The second-order valence-corrected chi connectivity index (χ2v) is 3.16. The molecule has 0 aliphatic rings. The van der Waals surface area contributed by atoms with E-state index >= 15 is 0 Å². The summed E-state index contributed by atoms with van der Waals surface area (Å²) in [4.78, 5) is 3.61. The molecule has 16 heavy (non-hydrogen) atoms. The van der Waals surface area contributed by atoms with E-state index in [0.29, 0.717) is 5.56 Å². The number of guanidine groups is 1. The largest absolute Gasteiger partial charge is 0.504 e. The first-order valence-corrected chi connectivity index (χ1v) is 4.55. The summed E-state index contributed by atoms with van der Waals surface area (Å²) in [5, 5.41) is 13.1. The third-order valence-corrected chi connectivity index (χ3v) is 1.86. The quantitative estimate of drug-likeness (QED) is 0.393. The maximum Gasteiger partial charge on any atom is 0.209 e. The number of nitrogens with one attached hydrogen (secondary N) is 1. The van der Waals surface area contributed by atoms with Crippen molar-refractivity contribution in [3.05, 3.63) is 29.1 Å². The van der Waals surface area contributed by atoms with Gasteiger partial charge in [-0.2, -0.15) is 5.10 Å². The van der Waals surface area contributed by atoms with Crippen LogP contribution in [0.2, 0.25) is 0 Å². The molecule has 0 radical (unpaired) electrons. The van der Waals surface area contributed by atoms with Gasteiger partial charge in [-0.25, -0.2) is 9.82 Å². The van der Waals surface area contributed by atoms with Crippen molar-refractivity contribution in [1.82, 2.24) is 5.43 Å². The number of phenolic OH excluding ortho intramolecular Hbond substituents is 1. The van der Waals surface area contributed by atoms with Gasteiger partial charge in [0.05, 0.1) is 6.21 Å². The predicted octanol–water partition coefficient (Wildman–Crippen LogP) is 0.708. The fraction of sp³-hybridized carbons (Fsp3) is 0.200. The first-order chi connectivity index (χ1) is 7.54. The Bertz CT molecular complexity index is 443. The molecule has 0 aromatic heterocycles. The molecule has 0 aliphatic carbocycles. The molecular formula is C10H13FN4O. The van der Waals surface area contributed by atoms with Gasteiger partial charge in [0.15, 0.2) is 11.6 Å². The summed E-state index contributed by atoms with van der Waals surface area (Å²) in [6.07, 6.45) is 1.27. The smallest absolute Gasteiger partial charge is 0.209 e. The van der Waals surface area contributed by atoms with Crippen molar-refractivity contribution in [1.29, 1.82) is 0 Å². The molecule has 1 aromatic rings. The van der Waals surface area contributed by atoms with E-state index in [-0.39, 0.29) is 11.5 Å². The summed E-state index contributed by atoms with van der Waals surface area (Å²) in [6.45, 7) is 1.72. The summed E-state index contributed by atoms with van der Waals surface area (Å²) in [5.41, 5.74) is 8.70. The highest BCUT2D eigenvalue weighted by Gasteiger charge is 2.06. The number of rotatable bonds is 2. The maximum absolute atomic E-state index is 13.1. The van der Waals surface area contributed by atoms with E-state index < -0.39 is 11.6 Å². The van der Waals surface area contributed by atoms with Crippen molar-refractivity contribution < 1.29 is 9.50 Å².